The van der Waals surface area contributed by atoms with Gasteiger partial charge in [0.2, 0.25) is 0 Å². The molecule has 0 heterocycles. The molecule has 0 spiro atoms. The average molecular weight is 250 g/mol. The Morgan fingerprint density at radius 2 is 2.00 bits per heavy atom. The zero-order valence-electron chi connectivity index (χ0n) is 8.91. The first-order valence-electron chi connectivity index (χ1n) is 4.60. The molecule has 3 nitrogen and oxygen atoms in total. The van der Waals surface area contributed by atoms with Crippen LogP contribution < -0.4 is 0 Å². The second kappa shape index (κ2) is 4.88. The first-order chi connectivity index (χ1) is 7.28. The SMILES string of the molecule is CC(Cc1cc(F)ccc1F)OS(C)(=O)=O. The molecule has 1 atom stereocenters. The molecule has 1 aromatic carbocycles. The van der Waals surface area contributed by atoms with Gasteiger partial charge in [-0.1, -0.05) is 0 Å². The Morgan fingerprint density at radius 3 is 2.56 bits per heavy atom. The minimum Gasteiger partial charge on any atom is -0.267 e. The van der Waals surface area contributed by atoms with E-state index in [0.717, 1.165) is 24.5 Å². The lowest BCUT2D eigenvalue weighted by molar-refractivity contribution is 0.230. The van der Waals surface area contributed by atoms with E-state index in [1.165, 1.54) is 6.92 Å². The fourth-order valence-corrected chi connectivity index (χ4v) is 2.01. The fraction of sp³-hybridized carbons (Fsp3) is 0.400. The minimum absolute atomic E-state index is 0.00331. The van der Waals surface area contributed by atoms with E-state index in [0.29, 0.717) is 0 Å². The van der Waals surface area contributed by atoms with Crippen molar-refractivity contribution in [2.45, 2.75) is 19.4 Å². The maximum absolute atomic E-state index is 13.2. The van der Waals surface area contributed by atoms with Crippen LogP contribution >= 0.6 is 0 Å². The summed E-state index contributed by atoms with van der Waals surface area (Å²) in [5.74, 6) is -1.15. The summed E-state index contributed by atoms with van der Waals surface area (Å²) in [6, 6.07) is 3.02. The van der Waals surface area contributed by atoms with Crippen molar-refractivity contribution in [1.29, 1.82) is 0 Å². The van der Waals surface area contributed by atoms with Crippen molar-refractivity contribution >= 4 is 10.1 Å². The lowest BCUT2D eigenvalue weighted by Gasteiger charge is -2.11. The summed E-state index contributed by atoms with van der Waals surface area (Å²) in [6.07, 6.45) is 0.175. The molecule has 0 N–H and O–H groups in total. The second-order valence-corrected chi connectivity index (χ2v) is 5.15. The number of rotatable bonds is 4. The summed E-state index contributed by atoms with van der Waals surface area (Å²) in [5.41, 5.74) is 0.0937. The Bertz CT molecular complexity index is 471. The van der Waals surface area contributed by atoms with Gasteiger partial charge in [-0.15, -0.1) is 0 Å². The zero-order valence-corrected chi connectivity index (χ0v) is 9.72. The normalized spacial score (nSPS) is 13.8. The Labute approximate surface area is 93.2 Å². The monoisotopic (exact) mass is 250 g/mol. The topological polar surface area (TPSA) is 43.4 Å². The maximum Gasteiger partial charge on any atom is 0.264 e. The van der Waals surface area contributed by atoms with Crippen LogP contribution in [0.1, 0.15) is 12.5 Å². The van der Waals surface area contributed by atoms with Crippen LogP contribution in [0.15, 0.2) is 18.2 Å². The van der Waals surface area contributed by atoms with Gasteiger partial charge in [-0.25, -0.2) is 8.78 Å². The van der Waals surface area contributed by atoms with Crippen LogP contribution in [0.5, 0.6) is 0 Å². The van der Waals surface area contributed by atoms with E-state index in [9.17, 15) is 17.2 Å². The van der Waals surface area contributed by atoms with Gasteiger partial charge in [0.15, 0.2) is 0 Å². The summed E-state index contributed by atoms with van der Waals surface area (Å²) in [4.78, 5) is 0. The Morgan fingerprint density at radius 1 is 1.38 bits per heavy atom. The largest absolute Gasteiger partial charge is 0.267 e. The molecule has 1 rings (SSSR count). The first-order valence-corrected chi connectivity index (χ1v) is 6.42. The standard InChI is InChI=1S/C10H12F2O3S/c1-7(15-16(2,13)14)5-8-6-9(11)3-4-10(8)12/h3-4,6-7H,5H2,1-2H3. The van der Waals surface area contributed by atoms with Crippen LogP contribution in [0.4, 0.5) is 8.78 Å². The van der Waals surface area contributed by atoms with Crippen molar-refractivity contribution in [3.8, 4) is 0 Å². The van der Waals surface area contributed by atoms with Crippen LogP contribution in [0.2, 0.25) is 0 Å². The number of benzene rings is 1. The highest BCUT2D eigenvalue weighted by Gasteiger charge is 2.13. The first kappa shape index (κ1) is 13.1. The summed E-state index contributed by atoms with van der Waals surface area (Å²) in [7, 11) is -3.58. The van der Waals surface area contributed by atoms with E-state index in [4.69, 9.17) is 0 Å². The van der Waals surface area contributed by atoms with Crippen molar-refractivity contribution in [3.05, 3.63) is 35.4 Å². The molecule has 90 valence electrons. The van der Waals surface area contributed by atoms with Gasteiger partial charge in [0, 0.05) is 6.42 Å². The van der Waals surface area contributed by atoms with Gasteiger partial charge in [-0.05, 0) is 30.7 Å². The predicted octanol–water partition coefficient (Wildman–Crippen LogP) is 1.87. The zero-order chi connectivity index (χ0) is 12.3. The molecule has 0 radical (unpaired) electrons. The number of halogens is 2. The van der Waals surface area contributed by atoms with E-state index in [2.05, 4.69) is 4.18 Å². The molecule has 6 heteroatoms. The molecular weight excluding hydrogens is 238 g/mol. The molecule has 0 fully saturated rings. The van der Waals surface area contributed by atoms with Crippen LogP contribution in [0, 0.1) is 11.6 Å². The van der Waals surface area contributed by atoms with Crippen LogP contribution in [0.25, 0.3) is 0 Å². The van der Waals surface area contributed by atoms with Gasteiger partial charge >= 0.3 is 0 Å². The molecule has 1 aromatic rings. The molecule has 0 aliphatic rings. The Kier molecular flexibility index (Phi) is 3.98. The molecule has 0 aliphatic carbocycles. The third kappa shape index (κ3) is 4.24. The average Bonchev–Trinajstić information content (AvgIpc) is 2.08. The second-order valence-electron chi connectivity index (χ2n) is 3.55. The summed E-state index contributed by atoms with van der Waals surface area (Å²) < 4.78 is 52.2. The Balaban J connectivity index is 2.77. The Hall–Kier alpha value is -1.01. The number of hydrogen-bond donors (Lipinski definition) is 0. The quantitative estimate of drug-likeness (QED) is 0.766. The van der Waals surface area contributed by atoms with Gasteiger partial charge in [0.1, 0.15) is 11.6 Å². The van der Waals surface area contributed by atoms with Gasteiger partial charge in [-0.2, -0.15) is 8.42 Å². The van der Waals surface area contributed by atoms with Crippen molar-refractivity contribution < 1.29 is 21.4 Å². The molecule has 16 heavy (non-hydrogen) atoms. The molecule has 0 aromatic heterocycles. The van der Waals surface area contributed by atoms with Gasteiger partial charge in [0.05, 0.1) is 12.4 Å². The molecular formula is C10H12F2O3S. The lowest BCUT2D eigenvalue weighted by Crippen LogP contribution is -2.17. The fourth-order valence-electron chi connectivity index (χ4n) is 1.34. The van der Waals surface area contributed by atoms with Crippen LogP contribution in [-0.2, 0) is 20.7 Å². The molecule has 1 unspecified atom stereocenters. The van der Waals surface area contributed by atoms with E-state index in [-0.39, 0.29) is 12.0 Å². The summed E-state index contributed by atoms with van der Waals surface area (Å²) >= 11 is 0. The minimum atomic E-state index is -3.58. The van der Waals surface area contributed by atoms with Crippen LogP contribution in [-0.4, -0.2) is 20.8 Å². The maximum atomic E-state index is 13.2. The molecule has 0 amide bonds. The summed E-state index contributed by atoms with van der Waals surface area (Å²) in [6.45, 7) is 1.48. The molecule has 0 saturated carbocycles. The van der Waals surface area contributed by atoms with Gasteiger partial charge in [0.25, 0.3) is 10.1 Å². The van der Waals surface area contributed by atoms with Gasteiger partial charge < -0.3 is 0 Å². The highest BCUT2D eigenvalue weighted by atomic mass is 32.2. The van der Waals surface area contributed by atoms with Crippen molar-refractivity contribution in [2.24, 2.45) is 0 Å². The van der Waals surface area contributed by atoms with E-state index < -0.39 is 27.9 Å². The lowest BCUT2D eigenvalue weighted by atomic mass is 10.1. The molecule has 0 aliphatic heterocycles. The predicted molar refractivity (Wildman–Crippen MR) is 55.5 cm³/mol. The van der Waals surface area contributed by atoms with Gasteiger partial charge in [-0.3, -0.25) is 4.18 Å². The van der Waals surface area contributed by atoms with Crippen LogP contribution in [0.3, 0.4) is 0 Å². The van der Waals surface area contributed by atoms with E-state index in [1.807, 2.05) is 0 Å². The van der Waals surface area contributed by atoms with Crippen molar-refractivity contribution in [1.82, 2.24) is 0 Å². The third-order valence-corrected chi connectivity index (χ3v) is 2.53. The third-order valence-electron chi connectivity index (χ3n) is 1.85. The van der Waals surface area contributed by atoms with Crippen molar-refractivity contribution in [3.63, 3.8) is 0 Å². The molecule has 0 bridgehead atoms. The highest BCUT2D eigenvalue weighted by molar-refractivity contribution is 7.86. The number of hydrogen-bond acceptors (Lipinski definition) is 3. The van der Waals surface area contributed by atoms with E-state index in [1.54, 1.807) is 0 Å². The van der Waals surface area contributed by atoms with E-state index >= 15 is 0 Å². The molecule has 0 saturated heterocycles. The highest BCUT2D eigenvalue weighted by Crippen LogP contribution is 2.13. The summed E-state index contributed by atoms with van der Waals surface area (Å²) in [5, 5.41) is 0. The van der Waals surface area contributed by atoms with Crippen molar-refractivity contribution in [2.75, 3.05) is 6.26 Å². The smallest absolute Gasteiger partial charge is 0.264 e.